The van der Waals surface area contributed by atoms with Crippen LogP contribution >= 0.6 is 0 Å². The van der Waals surface area contributed by atoms with E-state index < -0.39 is 0 Å². The number of rotatable bonds is 2. The van der Waals surface area contributed by atoms with E-state index in [0.717, 1.165) is 6.29 Å². The third-order valence-corrected chi connectivity index (χ3v) is 2.70. The maximum absolute atomic E-state index is 10.9. The minimum absolute atomic E-state index is 0.104. The van der Waals surface area contributed by atoms with Gasteiger partial charge in [0.05, 0.1) is 18.4 Å². The largest absolute Gasteiger partial charge is 0.381 e. The minimum Gasteiger partial charge on any atom is -0.381 e. The number of aldehydes is 1. The molecule has 1 fully saturated rings. The Labute approximate surface area is 78.9 Å². The van der Waals surface area contributed by atoms with Crippen molar-refractivity contribution < 1.29 is 9.90 Å². The lowest BCUT2D eigenvalue weighted by Crippen LogP contribution is -2.48. The van der Waals surface area contributed by atoms with E-state index in [1.807, 2.05) is 27.7 Å². The molecule has 0 amide bonds. The van der Waals surface area contributed by atoms with Crippen LogP contribution in [-0.4, -0.2) is 40.3 Å². The molecular formula is C9H18N2O2. The second-order valence-corrected chi connectivity index (χ2v) is 4.60. The normalized spacial score (nSPS) is 31.9. The van der Waals surface area contributed by atoms with Crippen molar-refractivity contribution in [3.63, 3.8) is 0 Å². The van der Waals surface area contributed by atoms with Crippen LogP contribution in [0.3, 0.4) is 0 Å². The van der Waals surface area contributed by atoms with Gasteiger partial charge in [-0.1, -0.05) is 0 Å². The maximum Gasteiger partial charge on any atom is 0.139 e. The number of hydrogen-bond acceptors (Lipinski definition) is 4. The Morgan fingerprint density at radius 2 is 2.00 bits per heavy atom. The molecule has 13 heavy (non-hydrogen) atoms. The van der Waals surface area contributed by atoms with Crippen molar-refractivity contribution in [2.75, 3.05) is 6.73 Å². The molecule has 1 aliphatic heterocycles. The van der Waals surface area contributed by atoms with Gasteiger partial charge in [0, 0.05) is 5.54 Å². The number of aliphatic hydroxyl groups is 1. The average Bonchev–Trinajstić information content (AvgIpc) is 2.13. The smallest absolute Gasteiger partial charge is 0.139 e. The van der Waals surface area contributed by atoms with Gasteiger partial charge in [-0.15, -0.1) is 0 Å². The van der Waals surface area contributed by atoms with Crippen molar-refractivity contribution in [2.24, 2.45) is 0 Å². The maximum atomic E-state index is 10.9. The molecule has 0 saturated carbocycles. The quantitative estimate of drug-likeness (QED) is 0.592. The van der Waals surface area contributed by atoms with Gasteiger partial charge >= 0.3 is 0 Å². The Balaban J connectivity index is 2.98. The van der Waals surface area contributed by atoms with Crippen molar-refractivity contribution >= 4 is 6.29 Å². The van der Waals surface area contributed by atoms with Gasteiger partial charge in [-0.05, 0) is 27.7 Å². The molecular weight excluding hydrogens is 168 g/mol. The molecule has 0 aliphatic carbocycles. The van der Waals surface area contributed by atoms with Crippen molar-refractivity contribution in [2.45, 2.75) is 44.9 Å². The Morgan fingerprint density at radius 3 is 2.31 bits per heavy atom. The van der Waals surface area contributed by atoms with Crippen LogP contribution in [0, 0.1) is 0 Å². The summed E-state index contributed by atoms with van der Waals surface area (Å²) in [5.41, 5.74) is -0.613. The highest BCUT2D eigenvalue weighted by Crippen LogP contribution is 2.30. The molecule has 1 rings (SSSR count). The highest BCUT2D eigenvalue weighted by Gasteiger charge is 2.49. The zero-order valence-electron chi connectivity index (χ0n) is 8.66. The van der Waals surface area contributed by atoms with E-state index in [1.54, 1.807) is 4.90 Å². The molecule has 0 spiro atoms. The summed E-state index contributed by atoms with van der Waals surface area (Å²) in [6.45, 7) is 7.72. The molecule has 0 aromatic heterocycles. The molecule has 4 nitrogen and oxygen atoms in total. The first kappa shape index (κ1) is 10.6. The molecule has 0 bridgehead atoms. The monoisotopic (exact) mass is 186 g/mol. The standard InChI is InChI=1S/C9H18N2O2/c1-8(2)7(5-12)11(6-13)9(3,4)10-8/h5,7,10,13H,6H2,1-4H3. The van der Waals surface area contributed by atoms with E-state index in [4.69, 9.17) is 5.11 Å². The molecule has 1 unspecified atom stereocenters. The molecule has 4 heteroatoms. The summed E-state index contributed by atoms with van der Waals surface area (Å²) in [7, 11) is 0. The highest BCUT2D eigenvalue weighted by molar-refractivity contribution is 5.61. The molecule has 1 aliphatic rings. The molecule has 0 radical (unpaired) electrons. The summed E-state index contributed by atoms with van der Waals surface area (Å²) in [6.07, 6.45) is 0.887. The third-order valence-electron chi connectivity index (χ3n) is 2.70. The number of nitrogens with zero attached hydrogens (tertiary/aromatic N) is 1. The van der Waals surface area contributed by atoms with Crippen LogP contribution in [0.25, 0.3) is 0 Å². The third kappa shape index (κ3) is 1.61. The van der Waals surface area contributed by atoms with Gasteiger partial charge in [0.1, 0.15) is 6.29 Å². The van der Waals surface area contributed by atoms with Gasteiger partial charge in [-0.3, -0.25) is 10.2 Å². The highest BCUT2D eigenvalue weighted by atomic mass is 16.3. The topological polar surface area (TPSA) is 52.6 Å². The van der Waals surface area contributed by atoms with Gasteiger partial charge in [0.2, 0.25) is 0 Å². The molecule has 76 valence electrons. The number of aliphatic hydroxyl groups excluding tert-OH is 1. The van der Waals surface area contributed by atoms with E-state index in [9.17, 15) is 4.79 Å². The molecule has 2 N–H and O–H groups in total. The summed E-state index contributed by atoms with van der Waals surface area (Å²) in [5.74, 6) is 0. The molecule has 1 saturated heterocycles. The van der Waals surface area contributed by atoms with Gasteiger partial charge < -0.3 is 9.90 Å². The van der Waals surface area contributed by atoms with Crippen LogP contribution in [0.4, 0.5) is 0 Å². The van der Waals surface area contributed by atoms with Crippen LogP contribution in [0.15, 0.2) is 0 Å². The Kier molecular flexibility index (Phi) is 2.49. The summed E-state index contributed by atoms with van der Waals surface area (Å²) >= 11 is 0. The fourth-order valence-electron chi connectivity index (χ4n) is 2.18. The van der Waals surface area contributed by atoms with Crippen LogP contribution < -0.4 is 5.32 Å². The van der Waals surface area contributed by atoms with Gasteiger partial charge in [0.15, 0.2) is 0 Å². The lowest BCUT2D eigenvalue weighted by molar-refractivity contribution is -0.115. The second-order valence-electron chi connectivity index (χ2n) is 4.60. The first-order chi connectivity index (χ1) is 5.85. The van der Waals surface area contributed by atoms with Crippen molar-refractivity contribution in [3.05, 3.63) is 0 Å². The van der Waals surface area contributed by atoms with Crippen LogP contribution in [0.5, 0.6) is 0 Å². The number of nitrogens with one attached hydrogen (secondary N) is 1. The Morgan fingerprint density at radius 1 is 1.46 bits per heavy atom. The fraction of sp³-hybridized carbons (Fsp3) is 0.889. The van der Waals surface area contributed by atoms with E-state index in [0.29, 0.717) is 0 Å². The lowest BCUT2D eigenvalue weighted by atomic mass is 9.98. The lowest BCUT2D eigenvalue weighted by Gasteiger charge is -2.30. The van der Waals surface area contributed by atoms with Gasteiger partial charge in [-0.25, -0.2) is 0 Å². The number of carbonyl (C=O) groups is 1. The first-order valence-corrected chi connectivity index (χ1v) is 4.47. The van der Waals surface area contributed by atoms with E-state index in [1.165, 1.54) is 0 Å². The predicted octanol–water partition coefficient (Wildman–Crippen LogP) is -0.0764. The van der Waals surface area contributed by atoms with E-state index in [2.05, 4.69) is 5.32 Å². The molecule has 0 aromatic rings. The van der Waals surface area contributed by atoms with Crippen molar-refractivity contribution in [3.8, 4) is 0 Å². The van der Waals surface area contributed by atoms with Crippen LogP contribution in [0.1, 0.15) is 27.7 Å². The zero-order chi connectivity index (χ0) is 10.3. The Bertz CT molecular complexity index is 214. The molecule has 1 heterocycles. The van der Waals surface area contributed by atoms with Crippen LogP contribution in [0.2, 0.25) is 0 Å². The summed E-state index contributed by atoms with van der Waals surface area (Å²) < 4.78 is 0. The Hall–Kier alpha value is -0.450. The van der Waals surface area contributed by atoms with Crippen LogP contribution in [-0.2, 0) is 4.79 Å². The predicted molar refractivity (Wildman–Crippen MR) is 50.1 cm³/mol. The zero-order valence-corrected chi connectivity index (χ0v) is 8.66. The summed E-state index contributed by atoms with van der Waals surface area (Å²) in [5, 5.41) is 12.5. The fourth-order valence-corrected chi connectivity index (χ4v) is 2.18. The summed E-state index contributed by atoms with van der Waals surface area (Å²) in [6, 6.07) is -0.271. The molecule has 0 aromatic carbocycles. The number of carbonyl (C=O) groups excluding carboxylic acids is 1. The SMILES string of the molecule is CC1(C)NC(C)(C)N(CO)C1C=O. The second kappa shape index (κ2) is 3.04. The average molecular weight is 186 g/mol. The number of hydrogen-bond donors (Lipinski definition) is 2. The van der Waals surface area contributed by atoms with E-state index >= 15 is 0 Å². The molecule has 1 atom stereocenters. The van der Waals surface area contributed by atoms with E-state index in [-0.39, 0.29) is 24.0 Å². The summed E-state index contributed by atoms with van der Waals surface area (Å²) in [4.78, 5) is 12.6. The minimum atomic E-state index is -0.330. The first-order valence-electron chi connectivity index (χ1n) is 4.47. The van der Waals surface area contributed by atoms with Crippen molar-refractivity contribution in [1.29, 1.82) is 0 Å². The van der Waals surface area contributed by atoms with Gasteiger partial charge in [0.25, 0.3) is 0 Å². The van der Waals surface area contributed by atoms with Gasteiger partial charge in [-0.2, -0.15) is 0 Å². The van der Waals surface area contributed by atoms with Crippen molar-refractivity contribution in [1.82, 2.24) is 10.2 Å².